The highest BCUT2D eigenvalue weighted by molar-refractivity contribution is 5.95. The topological polar surface area (TPSA) is 97.2 Å². The van der Waals surface area contributed by atoms with Gasteiger partial charge in [-0.3, -0.25) is 14.3 Å². The Morgan fingerprint density at radius 1 is 1.21 bits per heavy atom. The summed E-state index contributed by atoms with van der Waals surface area (Å²) in [6.45, 7) is 0. The summed E-state index contributed by atoms with van der Waals surface area (Å²) in [6.07, 6.45) is -0.721. The molecule has 1 amide bonds. The summed E-state index contributed by atoms with van der Waals surface area (Å²) in [5.74, 6) is -0.639. The molecule has 0 spiro atoms. The fourth-order valence-corrected chi connectivity index (χ4v) is 2.33. The molecule has 7 nitrogen and oxygen atoms in total. The smallest absolute Gasteiger partial charge is 0.367 e. The first-order valence-corrected chi connectivity index (χ1v) is 7.22. The lowest BCUT2D eigenvalue weighted by atomic mass is 10.1. The molecule has 3 rings (SSSR count). The van der Waals surface area contributed by atoms with Crippen LogP contribution in [0.2, 0.25) is 0 Å². The lowest BCUT2D eigenvalue weighted by Gasteiger charge is -2.15. The molecule has 122 valence electrons. The molecule has 7 heteroatoms. The van der Waals surface area contributed by atoms with Gasteiger partial charge in [0.25, 0.3) is 5.91 Å². The molecule has 2 aromatic carbocycles. The summed E-state index contributed by atoms with van der Waals surface area (Å²) < 4.78 is 9.79. The average molecular weight is 325 g/mol. The zero-order valence-corrected chi connectivity index (χ0v) is 12.9. The second-order valence-electron chi connectivity index (χ2n) is 5.04. The fraction of sp³-hybridized carbons (Fsp3) is 0.118. The molecule has 0 unspecified atom stereocenters. The lowest BCUT2D eigenvalue weighted by molar-refractivity contribution is -0.126. The number of nitrogens with one attached hydrogen (secondary N) is 2. The second kappa shape index (κ2) is 6.93. The third-order valence-electron chi connectivity index (χ3n) is 3.42. The molecule has 0 aliphatic heterocycles. The first kappa shape index (κ1) is 15.7. The zero-order chi connectivity index (χ0) is 16.9. The van der Waals surface area contributed by atoms with Crippen LogP contribution in [0.1, 0.15) is 11.7 Å². The van der Waals surface area contributed by atoms with Crippen LogP contribution in [0.3, 0.4) is 0 Å². The first-order valence-electron chi connectivity index (χ1n) is 7.22. The van der Waals surface area contributed by atoms with E-state index in [9.17, 15) is 9.59 Å². The number of aromatic nitrogens is 2. The number of rotatable bonds is 5. The van der Waals surface area contributed by atoms with Crippen LogP contribution in [0.15, 0.2) is 63.9 Å². The summed E-state index contributed by atoms with van der Waals surface area (Å²) >= 11 is 0. The Bertz CT molecular complexity index is 886. The van der Waals surface area contributed by atoms with Crippen molar-refractivity contribution < 1.29 is 14.1 Å². The van der Waals surface area contributed by atoms with E-state index >= 15 is 0 Å². The number of H-pyrrole nitrogens is 1. The van der Waals surface area contributed by atoms with Crippen LogP contribution in [-0.4, -0.2) is 23.2 Å². The van der Waals surface area contributed by atoms with Crippen LogP contribution in [0.4, 0.5) is 5.69 Å². The number of carbonyl (C=O) groups is 1. The standard InChI is InChI=1S/C17H15N3O4/c1-23-14(11-6-3-2-4-7-11)16(21)18-13-9-5-8-12(10-13)15-19-17(22)24-20-15/h2-10,14H,1H3,(H,18,21)(H,19,20,22)/t14-/m1/s1. The van der Waals surface area contributed by atoms with Crippen molar-refractivity contribution in [3.8, 4) is 11.4 Å². The van der Waals surface area contributed by atoms with Crippen molar-refractivity contribution in [2.45, 2.75) is 6.10 Å². The Morgan fingerprint density at radius 2 is 2.00 bits per heavy atom. The molecule has 0 radical (unpaired) electrons. The first-order chi connectivity index (χ1) is 11.7. The molecule has 24 heavy (non-hydrogen) atoms. The minimum atomic E-state index is -0.721. The number of ether oxygens (including phenoxy) is 1. The Balaban J connectivity index is 1.80. The van der Waals surface area contributed by atoms with Crippen molar-refractivity contribution in [3.63, 3.8) is 0 Å². The number of amides is 1. The van der Waals surface area contributed by atoms with Gasteiger partial charge in [0, 0.05) is 18.4 Å². The molecule has 0 saturated carbocycles. The van der Waals surface area contributed by atoms with Crippen LogP contribution >= 0.6 is 0 Å². The van der Waals surface area contributed by atoms with Crippen LogP contribution in [0.25, 0.3) is 11.4 Å². The summed E-state index contributed by atoms with van der Waals surface area (Å²) in [6, 6.07) is 16.1. The Kier molecular flexibility index (Phi) is 4.53. The van der Waals surface area contributed by atoms with E-state index in [2.05, 4.69) is 20.0 Å². The molecular weight excluding hydrogens is 310 g/mol. The van der Waals surface area contributed by atoms with Crippen molar-refractivity contribution >= 4 is 11.6 Å². The van der Waals surface area contributed by atoms with Gasteiger partial charge in [-0.2, -0.15) is 0 Å². The molecule has 2 N–H and O–H groups in total. The number of hydrogen-bond donors (Lipinski definition) is 2. The molecular formula is C17H15N3O4. The zero-order valence-electron chi connectivity index (χ0n) is 12.9. The van der Waals surface area contributed by atoms with E-state index in [0.717, 1.165) is 5.56 Å². The Morgan fingerprint density at radius 3 is 2.67 bits per heavy atom. The molecule has 0 saturated heterocycles. The SMILES string of the molecule is CO[C@@H](C(=O)Nc1cccc(-c2noc(=O)[nH]2)c1)c1ccccc1. The van der Waals surface area contributed by atoms with E-state index in [1.54, 1.807) is 24.3 Å². The van der Waals surface area contributed by atoms with Crippen molar-refractivity contribution in [3.05, 3.63) is 70.7 Å². The van der Waals surface area contributed by atoms with Gasteiger partial charge >= 0.3 is 5.76 Å². The van der Waals surface area contributed by atoms with Gasteiger partial charge in [0.1, 0.15) is 0 Å². The maximum Gasteiger partial charge on any atom is 0.439 e. The Hall–Kier alpha value is -3.19. The number of aromatic amines is 1. The van der Waals surface area contributed by atoms with E-state index in [0.29, 0.717) is 17.1 Å². The predicted octanol–water partition coefficient (Wildman–Crippen LogP) is 2.36. The number of methoxy groups -OCH3 is 1. The maximum atomic E-state index is 12.5. The molecule has 0 bridgehead atoms. The molecule has 1 heterocycles. The van der Waals surface area contributed by atoms with E-state index in [1.165, 1.54) is 7.11 Å². The number of benzene rings is 2. The largest absolute Gasteiger partial charge is 0.439 e. The Labute approximate surface area is 137 Å². The van der Waals surface area contributed by atoms with E-state index in [1.807, 2.05) is 30.3 Å². The van der Waals surface area contributed by atoms with Gasteiger partial charge in [0.2, 0.25) is 0 Å². The minimum Gasteiger partial charge on any atom is -0.367 e. The summed E-state index contributed by atoms with van der Waals surface area (Å²) in [5, 5.41) is 6.42. The lowest BCUT2D eigenvalue weighted by Crippen LogP contribution is -2.22. The third kappa shape index (κ3) is 3.41. The highest BCUT2D eigenvalue weighted by Gasteiger charge is 2.20. The van der Waals surface area contributed by atoms with Crippen LogP contribution < -0.4 is 11.1 Å². The van der Waals surface area contributed by atoms with E-state index in [-0.39, 0.29) is 5.91 Å². The normalized spacial score (nSPS) is 11.9. The van der Waals surface area contributed by atoms with Crippen molar-refractivity contribution in [1.82, 2.24) is 10.1 Å². The van der Waals surface area contributed by atoms with Crippen molar-refractivity contribution in [2.24, 2.45) is 0 Å². The summed E-state index contributed by atoms with van der Waals surface area (Å²) in [5.41, 5.74) is 1.93. The van der Waals surface area contributed by atoms with Crippen LogP contribution in [0.5, 0.6) is 0 Å². The van der Waals surface area contributed by atoms with Crippen molar-refractivity contribution in [1.29, 1.82) is 0 Å². The van der Waals surface area contributed by atoms with Gasteiger partial charge in [-0.05, 0) is 17.7 Å². The van der Waals surface area contributed by atoms with Crippen molar-refractivity contribution in [2.75, 3.05) is 12.4 Å². The van der Waals surface area contributed by atoms with Gasteiger partial charge in [-0.25, -0.2) is 4.79 Å². The number of carbonyl (C=O) groups excluding carboxylic acids is 1. The molecule has 3 aromatic rings. The number of nitrogens with zero attached hydrogens (tertiary/aromatic N) is 1. The quantitative estimate of drug-likeness (QED) is 0.750. The molecule has 1 atom stereocenters. The maximum absolute atomic E-state index is 12.5. The summed E-state index contributed by atoms with van der Waals surface area (Å²) in [4.78, 5) is 26.0. The highest BCUT2D eigenvalue weighted by atomic mass is 16.5. The highest BCUT2D eigenvalue weighted by Crippen LogP contribution is 2.22. The molecule has 0 aliphatic carbocycles. The summed E-state index contributed by atoms with van der Waals surface area (Å²) in [7, 11) is 1.48. The van der Waals surface area contributed by atoms with E-state index in [4.69, 9.17) is 4.74 Å². The molecule has 0 aliphatic rings. The van der Waals surface area contributed by atoms with Gasteiger partial charge in [0.15, 0.2) is 11.9 Å². The minimum absolute atomic E-state index is 0.294. The second-order valence-corrected chi connectivity index (χ2v) is 5.04. The predicted molar refractivity (Wildman–Crippen MR) is 87.4 cm³/mol. The third-order valence-corrected chi connectivity index (χ3v) is 3.42. The number of hydrogen-bond acceptors (Lipinski definition) is 5. The van der Waals surface area contributed by atoms with Gasteiger partial charge in [0.05, 0.1) is 0 Å². The van der Waals surface area contributed by atoms with Crippen LogP contribution in [-0.2, 0) is 9.53 Å². The molecule has 1 aromatic heterocycles. The average Bonchev–Trinajstić information content (AvgIpc) is 3.03. The number of anilines is 1. The molecule has 0 fully saturated rings. The fourth-order valence-electron chi connectivity index (χ4n) is 2.33. The van der Waals surface area contributed by atoms with E-state index < -0.39 is 11.9 Å². The van der Waals surface area contributed by atoms with Crippen LogP contribution in [0, 0.1) is 0 Å². The van der Waals surface area contributed by atoms with Gasteiger partial charge in [-0.1, -0.05) is 47.6 Å². The monoisotopic (exact) mass is 325 g/mol. The van der Waals surface area contributed by atoms with Gasteiger partial charge in [-0.15, -0.1) is 0 Å². The van der Waals surface area contributed by atoms with Gasteiger partial charge < -0.3 is 10.1 Å².